The zero-order valence-corrected chi connectivity index (χ0v) is 10.5. The summed E-state index contributed by atoms with van der Waals surface area (Å²) in [4.78, 5) is 13.9. The maximum Gasteiger partial charge on any atom is 0.245 e. The largest absolute Gasteiger partial charge is 0.344 e. The molecule has 0 radical (unpaired) electrons. The summed E-state index contributed by atoms with van der Waals surface area (Å²) in [6.45, 7) is 1.36. The van der Waals surface area contributed by atoms with Gasteiger partial charge in [-0.05, 0) is 29.5 Å². The molecule has 2 aromatic rings. The Labute approximate surface area is 106 Å². The Kier molecular flexibility index (Phi) is 2.59. The molecule has 0 bridgehead atoms. The molecule has 1 fully saturated rings. The zero-order valence-electron chi connectivity index (χ0n) is 10.5. The number of carbonyl (C=O) groups excluding carboxylic acids is 1. The quantitative estimate of drug-likeness (QED) is 0.869. The number of benzene rings is 1. The first-order valence-corrected chi connectivity index (χ1v) is 6.25. The Hall–Kier alpha value is -1.81. The van der Waals surface area contributed by atoms with Crippen molar-refractivity contribution in [2.24, 2.45) is 5.73 Å². The fraction of sp³-hybridized carbons (Fsp3) is 0.357. The Morgan fingerprint density at radius 1 is 1.39 bits per heavy atom. The number of carbonyl (C=O) groups is 1. The number of hydrogen-bond donors (Lipinski definition) is 1. The van der Waals surface area contributed by atoms with Gasteiger partial charge in [0.15, 0.2) is 0 Å². The first-order chi connectivity index (χ1) is 8.70. The van der Waals surface area contributed by atoms with E-state index in [4.69, 9.17) is 5.73 Å². The lowest BCUT2D eigenvalue weighted by atomic mass is 10.1. The summed E-state index contributed by atoms with van der Waals surface area (Å²) in [7, 11) is 1.86. The third-order valence-electron chi connectivity index (χ3n) is 3.76. The molecule has 1 aromatic carbocycles. The van der Waals surface area contributed by atoms with Crippen LogP contribution in [-0.4, -0.2) is 29.0 Å². The van der Waals surface area contributed by atoms with Crippen molar-refractivity contribution in [1.82, 2.24) is 9.47 Å². The van der Waals surface area contributed by atoms with Crippen LogP contribution in [0.1, 0.15) is 18.0 Å². The molecular weight excluding hydrogens is 226 g/mol. The lowest BCUT2D eigenvalue weighted by molar-refractivity contribution is -0.129. The summed E-state index contributed by atoms with van der Waals surface area (Å²) in [6, 6.07) is 8.19. The number of likely N-dealkylation sites (tertiary alicyclic amines) is 1. The Morgan fingerprint density at radius 2 is 2.22 bits per heavy atom. The topological polar surface area (TPSA) is 51.3 Å². The molecule has 3 rings (SSSR count). The van der Waals surface area contributed by atoms with E-state index in [1.54, 1.807) is 4.90 Å². The number of rotatable bonds is 2. The highest BCUT2D eigenvalue weighted by atomic mass is 16.2. The van der Waals surface area contributed by atoms with Crippen molar-refractivity contribution in [3.05, 3.63) is 36.0 Å². The lowest BCUT2D eigenvalue weighted by Crippen LogP contribution is -2.24. The molecule has 94 valence electrons. The van der Waals surface area contributed by atoms with Crippen LogP contribution < -0.4 is 5.73 Å². The van der Waals surface area contributed by atoms with Crippen molar-refractivity contribution in [3.63, 3.8) is 0 Å². The normalized spacial score (nSPS) is 20.0. The Balaban J connectivity index is 2.09. The monoisotopic (exact) mass is 243 g/mol. The molecule has 1 aliphatic rings. The minimum absolute atomic E-state index is 0.0551. The molecule has 18 heavy (non-hydrogen) atoms. The Morgan fingerprint density at radius 3 is 2.89 bits per heavy atom. The van der Waals surface area contributed by atoms with E-state index in [9.17, 15) is 4.79 Å². The van der Waals surface area contributed by atoms with Gasteiger partial charge in [-0.25, -0.2) is 0 Å². The maximum absolute atomic E-state index is 12.1. The number of likely N-dealkylation sites (N-methyl/N-ethyl adjacent to an activating group) is 1. The van der Waals surface area contributed by atoms with Crippen molar-refractivity contribution in [2.45, 2.75) is 19.0 Å². The molecule has 0 saturated carbocycles. The van der Waals surface area contributed by atoms with Crippen LogP contribution >= 0.6 is 0 Å². The minimum Gasteiger partial charge on any atom is -0.344 e. The van der Waals surface area contributed by atoms with Gasteiger partial charge in [0.25, 0.3) is 0 Å². The zero-order chi connectivity index (χ0) is 12.7. The highest BCUT2D eigenvalue weighted by Crippen LogP contribution is 2.28. The molecule has 2 heterocycles. The van der Waals surface area contributed by atoms with E-state index in [2.05, 4.69) is 22.8 Å². The summed E-state index contributed by atoms with van der Waals surface area (Å²) < 4.78 is 2.08. The fourth-order valence-corrected chi connectivity index (χ4v) is 2.66. The molecule has 0 aliphatic carbocycles. The SMILES string of the molecule is CN1CCC(n2ccc3ccc(CN)cc32)C1=O. The molecule has 1 atom stereocenters. The fourth-order valence-electron chi connectivity index (χ4n) is 2.66. The van der Waals surface area contributed by atoms with E-state index in [0.717, 1.165) is 29.4 Å². The van der Waals surface area contributed by atoms with E-state index >= 15 is 0 Å². The van der Waals surface area contributed by atoms with Crippen LogP contribution in [0.25, 0.3) is 10.9 Å². The van der Waals surface area contributed by atoms with E-state index < -0.39 is 0 Å². The molecule has 0 spiro atoms. The van der Waals surface area contributed by atoms with Crippen LogP contribution in [-0.2, 0) is 11.3 Å². The minimum atomic E-state index is -0.0551. The number of aromatic nitrogens is 1. The molecule has 1 aromatic heterocycles. The van der Waals surface area contributed by atoms with Crippen LogP contribution in [0, 0.1) is 0 Å². The first kappa shape index (κ1) is 11.3. The summed E-state index contributed by atoms with van der Waals surface area (Å²) in [5.74, 6) is 0.200. The standard InChI is InChI=1S/C14H17N3O/c1-16-6-5-12(14(16)18)17-7-4-11-3-2-10(9-15)8-13(11)17/h2-4,7-8,12H,5-6,9,15H2,1H3. The van der Waals surface area contributed by atoms with Crippen molar-refractivity contribution in [3.8, 4) is 0 Å². The van der Waals surface area contributed by atoms with Gasteiger partial charge in [0.1, 0.15) is 6.04 Å². The third-order valence-corrected chi connectivity index (χ3v) is 3.76. The van der Waals surface area contributed by atoms with Crippen LogP contribution in [0.5, 0.6) is 0 Å². The van der Waals surface area contributed by atoms with Gasteiger partial charge in [-0.3, -0.25) is 4.79 Å². The van der Waals surface area contributed by atoms with Gasteiger partial charge in [0.05, 0.1) is 0 Å². The number of nitrogens with two attached hydrogens (primary N) is 1. The van der Waals surface area contributed by atoms with Crippen LogP contribution in [0.4, 0.5) is 0 Å². The number of fused-ring (bicyclic) bond motifs is 1. The van der Waals surface area contributed by atoms with Gasteiger partial charge in [-0.1, -0.05) is 12.1 Å². The van der Waals surface area contributed by atoms with Crippen LogP contribution in [0.2, 0.25) is 0 Å². The van der Waals surface area contributed by atoms with Crippen LogP contribution in [0.3, 0.4) is 0 Å². The lowest BCUT2D eigenvalue weighted by Gasteiger charge is -2.13. The van der Waals surface area contributed by atoms with Crippen molar-refractivity contribution < 1.29 is 4.79 Å². The van der Waals surface area contributed by atoms with Gasteiger partial charge in [0.2, 0.25) is 5.91 Å². The highest BCUT2D eigenvalue weighted by Gasteiger charge is 2.30. The van der Waals surface area contributed by atoms with E-state index in [-0.39, 0.29) is 11.9 Å². The molecule has 4 heteroatoms. The van der Waals surface area contributed by atoms with Crippen molar-refractivity contribution in [2.75, 3.05) is 13.6 Å². The molecular formula is C14H17N3O. The average molecular weight is 243 g/mol. The first-order valence-electron chi connectivity index (χ1n) is 6.25. The van der Waals surface area contributed by atoms with Gasteiger partial charge in [0, 0.05) is 31.9 Å². The molecule has 1 amide bonds. The van der Waals surface area contributed by atoms with Gasteiger partial charge >= 0.3 is 0 Å². The second kappa shape index (κ2) is 4.14. The molecule has 1 saturated heterocycles. The summed E-state index contributed by atoms with van der Waals surface area (Å²) in [6.07, 6.45) is 2.89. The summed E-state index contributed by atoms with van der Waals surface area (Å²) in [5, 5.41) is 1.16. The third kappa shape index (κ3) is 1.61. The summed E-state index contributed by atoms with van der Waals surface area (Å²) >= 11 is 0. The molecule has 4 nitrogen and oxygen atoms in total. The smallest absolute Gasteiger partial charge is 0.245 e. The van der Waals surface area contributed by atoms with Crippen molar-refractivity contribution >= 4 is 16.8 Å². The highest BCUT2D eigenvalue weighted by molar-refractivity contribution is 5.87. The maximum atomic E-state index is 12.1. The second-order valence-electron chi connectivity index (χ2n) is 4.88. The van der Waals surface area contributed by atoms with E-state index in [0.29, 0.717) is 6.54 Å². The van der Waals surface area contributed by atoms with Crippen molar-refractivity contribution in [1.29, 1.82) is 0 Å². The van der Waals surface area contributed by atoms with Gasteiger partial charge in [-0.2, -0.15) is 0 Å². The number of hydrogen-bond acceptors (Lipinski definition) is 2. The average Bonchev–Trinajstić information content (AvgIpc) is 2.94. The van der Waals surface area contributed by atoms with Gasteiger partial charge < -0.3 is 15.2 Å². The second-order valence-corrected chi connectivity index (χ2v) is 4.88. The number of nitrogens with zero attached hydrogens (tertiary/aromatic N) is 2. The Bertz CT molecular complexity index is 602. The van der Waals surface area contributed by atoms with Gasteiger partial charge in [-0.15, -0.1) is 0 Å². The predicted molar refractivity (Wildman–Crippen MR) is 71.1 cm³/mol. The van der Waals surface area contributed by atoms with E-state index in [1.807, 2.05) is 19.3 Å². The van der Waals surface area contributed by atoms with E-state index in [1.165, 1.54) is 0 Å². The molecule has 2 N–H and O–H groups in total. The van der Waals surface area contributed by atoms with Crippen LogP contribution in [0.15, 0.2) is 30.5 Å². The predicted octanol–water partition coefficient (Wildman–Crippen LogP) is 1.50. The number of amides is 1. The molecule has 1 unspecified atom stereocenters. The molecule has 1 aliphatic heterocycles. The summed E-state index contributed by atoms with van der Waals surface area (Å²) in [5.41, 5.74) is 7.88.